The van der Waals surface area contributed by atoms with Crippen LogP contribution in [0, 0.1) is 0 Å². The highest BCUT2D eigenvalue weighted by molar-refractivity contribution is 5.93. The Kier molecular flexibility index (Phi) is 6.77. The molecule has 1 heterocycles. The van der Waals surface area contributed by atoms with E-state index in [1.54, 1.807) is 17.1 Å². The molecule has 1 N–H and O–H groups in total. The standard InChI is InChI=1S/C22H25N3O2/c1-18(20-11-6-3-7-12-20)27-14-8-13-23-22(26)21-15-24-25(17-21)16-19-9-4-2-5-10-19/h2-7,9-12,15,17-18H,8,13-14,16H2,1H3,(H,23,26). The number of benzene rings is 2. The lowest BCUT2D eigenvalue weighted by Crippen LogP contribution is -2.25. The van der Waals surface area contributed by atoms with E-state index < -0.39 is 0 Å². The van der Waals surface area contributed by atoms with Crippen LogP contribution in [0.3, 0.4) is 0 Å². The molecule has 0 aliphatic rings. The molecule has 1 unspecified atom stereocenters. The fraction of sp³-hybridized carbons (Fsp3) is 0.273. The smallest absolute Gasteiger partial charge is 0.254 e. The molecule has 0 saturated heterocycles. The predicted octanol–water partition coefficient (Wildman–Crippen LogP) is 3.83. The van der Waals surface area contributed by atoms with E-state index in [9.17, 15) is 4.79 Å². The van der Waals surface area contributed by atoms with E-state index in [0.717, 1.165) is 17.5 Å². The highest BCUT2D eigenvalue weighted by Gasteiger charge is 2.09. The number of nitrogens with one attached hydrogen (secondary N) is 1. The summed E-state index contributed by atoms with van der Waals surface area (Å²) in [7, 11) is 0. The van der Waals surface area contributed by atoms with E-state index in [-0.39, 0.29) is 12.0 Å². The Hall–Kier alpha value is -2.92. The van der Waals surface area contributed by atoms with E-state index >= 15 is 0 Å². The maximum absolute atomic E-state index is 12.2. The molecule has 3 rings (SSSR count). The summed E-state index contributed by atoms with van der Waals surface area (Å²) in [5.74, 6) is -0.106. The number of carbonyl (C=O) groups is 1. The van der Waals surface area contributed by atoms with E-state index in [4.69, 9.17) is 4.74 Å². The molecule has 27 heavy (non-hydrogen) atoms. The van der Waals surface area contributed by atoms with Gasteiger partial charge in [0.1, 0.15) is 0 Å². The Balaban J connectivity index is 1.37. The second kappa shape index (κ2) is 9.69. The number of hydrogen-bond acceptors (Lipinski definition) is 3. The number of aromatic nitrogens is 2. The Bertz CT molecular complexity index is 831. The molecular weight excluding hydrogens is 338 g/mol. The molecule has 0 saturated carbocycles. The Morgan fingerprint density at radius 3 is 2.56 bits per heavy atom. The van der Waals surface area contributed by atoms with Crippen LogP contribution >= 0.6 is 0 Å². The molecule has 1 aromatic heterocycles. The minimum Gasteiger partial charge on any atom is -0.374 e. The monoisotopic (exact) mass is 363 g/mol. The lowest BCUT2D eigenvalue weighted by molar-refractivity contribution is 0.0635. The molecule has 5 heteroatoms. The van der Waals surface area contributed by atoms with Gasteiger partial charge in [0, 0.05) is 19.3 Å². The summed E-state index contributed by atoms with van der Waals surface area (Å²) >= 11 is 0. The molecule has 0 fully saturated rings. The van der Waals surface area contributed by atoms with Crippen LogP contribution in [0.15, 0.2) is 73.1 Å². The first-order valence-electron chi connectivity index (χ1n) is 9.23. The SMILES string of the molecule is CC(OCCCNC(=O)c1cnn(Cc2ccccc2)c1)c1ccccc1. The van der Waals surface area contributed by atoms with Gasteiger partial charge in [0.15, 0.2) is 0 Å². The number of rotatable bonds is 9. The first kappa shape index (κ1) is 18.9. The first-order chi connectivity index (χ1) is 13.2. The van der Waals surface area contributed by atoms with E-state index in [0.29, 0.717) is 25.3 Å². The number of ether oxygens (including phenoxy) is 1. The van der Waals surface area contributed by atoms with Crippen molar-refractivity contribution in [3.05, 3.63) is 89.7 Å². The third-order valence-electron chi connectivity index (χ3n) is 4.33. The number of nitrogens with zero attached hydrogens (tertiary/aromatic N) is 2. The zero-order chi connectivity index (χ0) is 18.9. The van der Waals surface area contributed by atoms with Crippen LogP contribution in [0.4, 0.5) is 0 Å². The second-order valence-corrected chi connectivity index (χ2v) is 6.45. The van der Waals surface area contributed by atoms with Crippen molar-refractivity contribution in [3.63, 3.8) is 0 Å². The highest BCUT2D eigenvalue weighted by atomic mass is 16.5. The van der Waals surface area contributed by atoms with Crippen LogP contribution in [-0.4, -0.2) is 28.8 Å². The molecule has 3 aromatic rings. The van der Waals surface area contributed by atoms with Crippen molar-refractivity contribution >= 4 is 5.91 Å². The molecular formula is C22H25N3O2. The van der Waals surface area contributed by atoms with Gasteiger partial charge < -0.3 is 10.1 Å². The van der Waals surface area contributed by atoms with Gasteiger partial charge in [0.2, 0.25) is 0 Å². The molecule has 0 spiro atoms. The molecule has 140 valence electrons. The maximum Gasteiger partial charge on any atom is 0.254 e. The van der Waals surface area contributed by atoms with E-state index in [2.05, 4.69) is 22.5 Å². The summed E-state index contributed by atoms with van der Waals surface area (Å²) in [4.78, 5) is 12.2. The fourth-order valence-corrected chi connectivity index (χ4v) is 2.79. The van der Waals surface area contributed by atoms with Crippen molar-refractivity contribution in [2.45, 2.75) is 26.0 Å². The van der Waals surface area contributed by atoms with Crippen LogP contribution in [0.5, 0.6) is 0 Å². The normalized spacial score (nSPS) is 11.9. The van der Waals surface area contributed by atoms with Gasteiger partial charge in [0.25, 0.3) is 5.91 Å². The van der Waals surface area contributed by atoms with Crippen molar-refractivity contribution in [2.75, 3.05) is 13.2 Å². The minimum absolute atomic E-state index is 0.0538. The van der Waals surface area contributed by atoms with Crippen LogP contribution in [0.2, 0.25) is 0 Å². The van der Waals surface area contributed by atoms with Crippen LogP contribution < -0.4 is 5.32 Å². The molecule has 0 aliphatic heterocycles. The Morgan fingerprint density at radius 1 is 1.11 bits per heavy atom. The topological polar surface area (TPSA) is 56.1 Å². The average Bonchev–Trinajstić information content (AvgIpc) is 3.17. The highest BCUT2D eigenvalue weighted by Crippen LogP contribution is 2.15. The van der Waals surface area contributed by atoms with Crippen molar-refractivity contribution in [1.29, 1.82) is 0 Å². The molecule has 0 radical (unpaired) electrons. The van der Waals surface area contributed by atoms with Gasteiger partial charge >= 0.3 is 0 Å². The third kappa shape index (κ3) is 5.79. The van der Waals surface area contributed by atoms with Gasteiger partial charge in [-0.1, -0.05) is 60.7 Å². The van der Waals surface area contributed by atoms with Crippen molar-refractivity contribution in [3.8, 4) is 0 Å². The lowest BCUT2D eigenvalue weighted by atomic mass is 10.1. The van der Waals surface area contributed by atoms with Gasteiger partial charge in [-0.05, 0) is 24.5 Å². The number of hydrogen-bond donors (Lipinski definition) is 1. The van der Waals surface area contributed by atoms with Gasteiger partial charge in [-0.3, -0.25) is 9.48 Å². The number of carbonyl (C=O) groups excluding carboxylic acids is 1. The Morgan fingerprint density at radius 2 is 1.81 bits per heavy atom. The summed E-state index contributed by atoms with van der Waals surface area (Å²) < 4.78 is 7.59. The van der Waals surface area contributed by atoms with Gasteiger partial charge in [-0.15, -0.1) is 0 Å². The van der Waals surface area contributed by atoms with Crippen LogP contribution in [0.25, 0.3) is 0 Å². The van der Waals surface area contributed by atoms with E-state index in [1.807, 2.05) is 55.5 Å². The fourth-order valence-electron chi connectivity index (χ4n) is 2.79. The average molecular weight is 363 g/mol. The minimum atomic E-state index is -0.106. The molecule has 0 bridgehead atoms. The second-order valence-electron chi connectivity index (χ2n) is 6.45. The molecule has 1 amide bonds. The van der Waals surface area contributed by atoms with Gasteiger partial charge in [0.05, 0.1) is 24.4 Å². The van der Waals surface area contributed by atoms with Crippen molar-refractivity contribution in [1.82, 2.24) is 15.1 Å². The maximum atomic E-state index is 12.2. The summed E-state index contributed by atoms with van der Waals surface area (Å²) in [5, 5.41) is 7.18. The third-order valence-corrected chi connectivity index (χ3v) is 4.33. The number of amides is 1. The Labute approximate surface area is 160 Å². The van der Waals surface area contributed by atoms with Crippen molar-refractivity contribution < 1.29 is 9.53 Å². The quantitative estimate of drug-likeness (QED) is 0.588. The van der Waals surface area contributed by atoms with Gasteiger partial charge in [-0.2, -0.15) is 5.10 Å². The summed E-state index contributed by atoms with van der Waals surface area (Å²) in [6.45, 7) is 3.86. The predicted molar refractivity (Wildman–Crippen MR) is 106 cm³/mol. The molecule has 0 aliphatic carbocycles. The van der Waals surface area contributed by atoms with Crippen LogP contribution in [0.1, 0.15) is 40.9 Å². The van der Waals surface area contributed by atoms with Gasteiger partial charge in [-0.25, -0.2) is 0 Å². The first-order valence-corrected chi connectivity index (χ1v) is 9.23. The van der Waals surface area contributed by atoms with Crippen LogP contribution in [-0.2, 0) is 11.3 Å². The van der Waals surface area contributed by atoms with Crippen molar-refractivity contribution in [2.24, 2.45) is 0 Å². The van der Waals surface area contributed by atoms with E-state index in [1.165, 1.54) is 0 Å². The summed E-state index contributed by atoms with van der Waals surface area (Å²) in [6.07, 6.45) is 4.20. The summed E-state index contributed by atoms with van der Waals surface area (Å²) in [5.41, 5.74) is 2.88. The lowest BCUT2D eigenvalue weighted by Gasteiger charge is -2.13. The zero-order valence-electron chi connectivity index (χ0n) is 15.5. The molecule has 1 atom stereocenters. The molecule has 5 nitrogen and oxygen atoms in total. The largest absolute Gasteiger partial charge is 0.374 e. The summed E-state index contributed by atoms with van der Waals surface area (Å²) in [6, 6.07) is 20.2. The molecule has 2 aromatic carbocycles. The zero-order valence-corrected chi connectivity index (χ0v) is 15.5.